The molecule has 2 heterocycles. The number of carbonyl (C=O) groups is 2. The average Bonchev–Trinajstić information content (AvgIpc) is 3.13. The molecule has 2 aromatic carbocycles. The lowest BCUT2D eigenvalue weighted by Crippen LogP contribution is -2.48. The van der Waals surface area contributed by atoms with Gasteiger partial charge in [-0.05, 0) is 38.1 Å². The van der Waals surface area contributed by atoms with E-state index in [2.05, 4.69) is 0 Å². The second kappa shape index (κ2) is 7.37. The van der Waals surface area contributed by atoms with E-state index in [-0.39, 0.29) is 6.61 Å². The fraction of sp³-hybridized carbons (Fsp3) is 0.364. The molecule has 1 fully saturated rings. The van der Waals surface area contributed by atoms with E-state index < -0.39 is 36.0 Å². The number of fused-ring (bicyclic) bond motifs is 4. The lowest BCUT2D eigenvalue weighted by Gasteiger charge is -2.36. The molecule has 7 nitrogen and oxygen atoms in total. The van der Waals surface area contributed by atoms with Gasteiger partial charge in [-0.25, -0.2) is 9.59 Å². The van der Waals surface area contributed by atoms with E-state index in [9.17, 15) is 19.1 Å². The van der Waals surface area contributed by atoms with Crippen molar-refractivity contribution in [3.63, 3.8) is 0 Å². The average molecular weight is 415 g/mol. The number of nitrogens with one attached hydrogen (secondary N) is 1. The summed E-state index contributed by atoms with van der Waals surface area (Å²) in [6, 6.07) is 9.86. The van der Waals surface area contributed by atoms with E-state index in [1.165, 1.54) is 0 Å². The molecule has 30 heavy (non-hydrogen) atoms. The molecular weight excluding hydrogens is 393 g/mol. The van der Waals surface area contributed by atoms with E-state index in [1.807, 2.05) is 55.6 Å². The van der Waals surface area contributed by atoms with Crippen molar-refractivity contribution in [2.75, 3.05) is 6.61 Å². The number of amides is 1. The molecule has 1 spiro atoms. The van der Waals surface area contributed by atoms with Crippen LogP contribution in [0.15, 0.2) is 36.4 Å². The quantitative estimate of drug-likeness (QED) is 0.583. The molecule has 1 amide bonds. The Morgan fingerprint density at radius 2 is 1.70 bits per heavy atom. The summed E-state index contributed by atoms with van der Waals surface area (Å²) < 4.78 is 31.5. The summed E-state index contributed by atoms with van der Waals surface area (Å²) in [5, 5.41) is 11.3. The zero-order valence-corrected chi connectivity index (χ0v) is 16.8. The summed E-state index contributed by atoms with van der Waals surface area (Å²) in [6.45, 7) is 5.52. The van der Waals surface area contributed by atoms with E-state index in [0.29, 0.717) is 22.6 Å². The molecule has 3 atom stereocenters. The van der Waals surface area contributed by atoms with Crippen LogP contribution < -0.4 is 10.1 Å². The van der Waals surface area contributed by atoms with E-state index in [4.69, 9.17) is 14.2 Å². The third-order valence-corrected chi connectivity index (χ3v) is 5.61. The Labute approximate surface area is 172 Å². The molecule has 2 aliphatic rings. The monoisotopic (exact) mass is 415 g/mol. The number of carbonyl (C=O) groups excluding carboxylic acids is 1. The number of rotatable bonds is 4. The Morgan fingerprint density at radius 3 is 2.20 bits per heavy atom. The largest absolute Gasteiger partial charge is 0.480 e. The van der Waals surface area contributed by atoms with Crippen LogP contribution in [-0.4, -0.2) is 36.0 Å². The maximum atomic E-state index is 12.9. The van der Waals surface area contributed by atoms with Gasteiger partial charge in [-0.1, -0.05) is 30.2 Å². The number of halogens is 1. The predicted molar refractivity (Wildman–Crippen MR) is 104 cm³/mol. The van der Waals surface area contributed by atoms with Crippen molar-refractivity contribution >= 4 is 12.1 Å². The predicted octanol–water partition coefficient (Wildman–Crippen LogP) is 3.79. The van der Waals surface area contributed by atoms with Crippen LogP contribution >= 0.6 is 0 Å². The second-order valence-electron chi connectivity index (χ2n) is 7.78. The number of carboxylic acid groups (broad SMARTS) is 1. The van der Waals surface area contributed by atoms with Crippen LogP contribution in [0.3, 0.4) is 0 Å². The topological polar surface area (TPSA) is 94.1 Å². The molecule has 0 unspecified atom stereocenters. The summed E-state index contributed by atoms with van der Waals surface area (Å²) in [6.07, 6.45) is -2.62. The molecule has 0 saturated carbocycles. The van der Waals surface area contributed by atoms with Gasteiger partial charge in [-0.3, -0.25) is 0 Å². The van der Waals surface area contributed by atoms with Crippen molar-refractivity contribution in [3.8, 4) is 11.5 Å². The Kier molecular flexibility index (Phi) is 4.99. The van der Waals surface area contributed by atoms with E-state index >= 15 is 0 Å². The summed E-state index contributed by atoms with van der Waals surface area (Å²) in [5.74, 6) is -2.24. The van der Waals surface area contributed by atoms with E-state index in [1.54, 1.807) is 6.92 Å². The highest BCUT2D eigenvalue weighted by molar-refractivity contribution is 5.79. The lowest BCUT2D eigenvalue weighted by molar-refractivity contribution is -0.158. The Morgan fingerprint density at radius 1 is 1.13 bits per heavy atom. The highest BCUT2D eigenvalue weighted by Crippen LogP contribution is 2.53. The van der Waals surface area contributed by atoms with Gasteiger partial charge >= 0.3 is 12.1 Å². The molecule has 0 aliphatic carbocycles. The summed E-state index contributed by atoms with van der Waals surface area (Å²) in [5.41, 5.74) is 3.31. The molecule has 0 bridgehead atoms. The molecule has 2 aromatic rings. The smallest absolute Gasteiger partial charge is 0.398 e. The molecule has 0 aromatic heterocycles. The third-order valence-electron chi connectivity index (χ3n) is 5.61. The first-order valence-electron chi connectivity index (χ1n) is 9.62. The van der Waals surface area contributed by atoms with Crippen molar-refractivity contribution in [3.05, 3.63) is 58.7 Å². The van der Waals surface area contributed by atoms with E-state index in [0.717, 1.165) is 11.1 Å². The number of aliphatic carboxylic acids is 1. The molecule has 8 heteroatoms. The van der Waals surface area contributed by atoms with Crippen LogP contribution in [0.4, 0.5) is 9.18 Å². The molecular formula is C22H22FNO6. The molecule has 2 N–H and O–H groups in total. The molecule has 158 valence electrons. The first-order chi connectivity index (χ1) is 14.2. The maximum Gasteiger partial charge on any atom is 0.398 e. The number of hydrogen-bond donors (Lipinski definition) is 2. The van der Waals surface area contributed by atoms with Crippen LogP contribution in [-0.2, 0) is 20.1 Å². The minimum absolute atomic E-state index is 0.0634. The molecule has 4 rings (SSSR count). The standard InChI is InChI=1S/C22H22FNO6/c1-11-4-6-16-14(8-11)22(15-9-12(2)5-7-17(15)29-16)28-10-18(30-22)13(3)19(20(25)26)24-21(23)27/h4-9,13,18-19H,10H2,1-3H3,(H,24,27)(H,25,26)/t13-,18-,19-/m0/s1. The van der Waals surface area contributed by atoms with Crippen molar-refractivity contribution in [1.29, 1.82) is 0 Å². The van der Waals surface area contributed by atoms with Gasteiger partial charge in [0.15, 0.2) is 0 Å². The summed E-state index contributed by atoms with van der Waals surface area (Å²) in [4.78, 5) is 22.4. The van der Waals surface area contributed by atoms with Crippen molar-refractivity contribution in [2.24, 2.45) is 5.92 Å². The fourth-order valence-corrected chi connectivity index (χ4v) is 4.02. The normalized spacial score (nSPS) is 20.6. The zero-order chi connectivity index (χ0) is 21.6. The highest BCUT2D eigenvalue weighted by Gasteiger charge is 2.53. The first kappa shape index (κ1) is 20.3. The fourth-order valence-electron chi connectivity index (χ4n) is 4.02. The first-order valence-corrected chi connectivity index (χ1v) is 9.62. The van der Waals surface area contributed by atoms with Gasteiger partial charge in [-0.2, -0.15) is 0 Å². The Balaban J connectivity index is 1.76. The van der Waals surface area contributed by atoms with Crippen molar-refractivity contribution in [2.45, 2.75) is 38.7 Å². The summed E-state index contributed by atoms with van der Waals surface area (Å²) in [7, 11) is 0. The van der Waals surface area contributed by atoms with Crippen molar-refractivity contribution in [1.82, 2.24) is 5.32 Å². The lowest BCUT2D eigenvalue weighted by atomic mass is 9.90. The highest BCUT2D eigenvalue weighted by atomic mass is 19.1. The summed E-state index contributed by atoms with van der Waals surface area (Å²) >= 11 is 0. The minimum atomic E-state index is -1.91. The van der Waals surface area contributed by atoms with Gasteiger partial charge in [0.1, 0.15) is 17.5 Å². The molecule has 1 saturated heterocycles. The van der Waals surface area contributed by atoms with Gasteiger partial charge in [0.2, 0.25) is 5.79 Å². The Hall–Kier alpha value is -2.97. The number of aryl methyl sites for hydroxylation is 2. The van der Waals surface area contributed by atoms with Crippen LogP contribution in [0, 0.1) is 19.8 Å². The third kappa shape index (κ3) is 3.32. The molecule has 0 radical (unpaired) electrons. The van der Waals surface area contributed by atoms with Crippen LogP contribution in [0.2, 0.25) is 0 Å². The van der Waals surface area contributed by atoms with Gasteiger partial charge < -0.3 is 24.6 Å². The number of carboxylic acids is 1. The number of hydrogen-bond acceptors (Lipinski definition) is 5. The number of benzene rings is 2. The minimum Gasteiger partial charge on any atom is -0.480 e. The van der Waals surface area contributed by atoms with Gasteiger partial charge in [0.25, 0.3) is 0 Å². The van der Waals surface area contributed by atoms with Crippen LogP contribution in [0.25, 0.3) is 0 Å². The second-order valence-corrected chi connectivity index (χ2v) is 7.78. The van der Waals surface area contributed by atoms with Crippen molar-refractivity contribution < 1.29 is 33.3 Å². The number of ether oxygens (including phenoxy) is 3. The Bertz CT molecular complexity index is 971. The van der Waals surface area contributed by atoms with Gasteiger partial charge in [0, 0.05) is 5.92 Å². The maximum absolute atomic E-state index is 12.9. The zero-order valence-electron chi connectivity index (χ0n) is 16.8. The SMILES string of the molecule is Cc1ccc2c(c1)C1(OC[C@@H]([C@H](C)[C@H](NC(=O)F)C(=O)O)O1)c1cc(C)ccc1O2. The van der Waals surface area contributed by atoms with Gasteiger partial charge in [0.05, 0.1) is 23.8 Å². The van der Waals surface area contributed by atoms with Crippen LogP contribution in [0.1, 0.15) is 29.2 Å². The van der Waals surface area contributed by atoms with Crippen LogP contribution in [0.5, 0.6) is 11.5 Å². The van der Waals surface area contributed by atoms with Gasteiger partial charge in [-0.15, -0.1) is 4.39 Å². The molecule has 2 aliphatic heterocycles.